The van der Waals surface area contributed by atoms with Crippen LogP contribution in [-0.2, 0) is 9.59 Å². The van der Waals surface area contributed by atoms with Crippen molar-refractivity contribution in [3.63, 3.8) is 0 Å². The monoisotopic (exact) mass is 225 g/mol. The molecule has 0 aromatic rings. The van der Waals surface area contributed by atoms with Gasteiger partial charge < -0.3 is 15.3 Å². The van der Waals surface area contributed by atoms with E-state index in [4.69, 9.17) is 10.4 Å². The number of hydrogen-bond donors (Lipinski definition) is 2. The third-order valence-corrected chi connectivity index (χ3v) is 2.64. The first-order chi connectivity index (χ1) is 7.70. The van der Waals surface area contributed by atoms with Gasteiger partial charge in [-0.25, -0.2) is 0 Å². The van der Waals surface area contributed by atoms with Gasteiger partial charge in [0, 0.05) is 12.6 Å². The van der Waals surface area contributed by atoms with Gasteiger partial charge in [-0.15, -0.1) is 0 Å². The van der Waals surface area contributed by atoms with Crippen LogP contribution in [-0.4, -0.2) is 47.6 Å². The van der Waals surface area contributed by atoms with E-state index in [2.05, 4.69) is 5.32 Å². The molecule has 1 fully saturated rings. The number of nitriles is 1. The molecule has 0 spiro atoms. The molecule has 0 bridgehead atoms. The summed E-state index contributed by atoms with van der Waals surface area (Å²) in [4.78, 5) is 24.4. The summed E-state index contributed by atoms with van der Waals surface area (Å²) in [5.41, 5.74) is 0. The van der Waals surface area contributed by atoms with Gasteiger partial charge in [0.05, 0.1) is 12.7 Å². The SMILES string of the molecule is N#CCNC(=O)C(=O)N(CCO)C1CCC1. The van der Waals surface area contributed by atoms with E-state index < -0.39 is 11.8 Å². The second-order valence-corrected chi connectivity index (χ2v) is 3.65. The van der Waals surface area contributed by atoms with Crippen LogP contribution >= 0.6 is 0 Å². The van der Waals surface area contributed by atoms with E-state index in [0.29, 0.717) is 0 Å². The minimum atomic E-state index is -0.776. The predicted molar refractivity (Wildman–Crippen MR) is 55.1 cm³/mol. The molecule has 0 saturated heterocycles. The lowest BCUT2D eigenvalue weighted by Crippen LogP contribution is -2.51. The number of rotatable bonds is 4. The van der Waals surface area contributed by atoms with Crippen LogP contribution in [0, 0.1) is 11.3 Å². The maximum atomic E-state index is 11.7. The third kappa shape index (κ3) is 2.94. The summed E-state index contributed by atoms with van der Waals surface area (Å²) in [5.74, 6) is -1.43. The van der Waals surface area contributed by atoms with Gasteiger partial charge >= 0.3 is 11.8 Å². The van der Waals surface area contributed by atoms with Crippen LogP contribution in [0.3, 0.4) is 0 Å². The molecule has 0 atom stereocenters. The number of nitrogens with one attached hydrogen (secondary N) is 1. The van der Waals surface area contributed by atoms with E-state index in [9.17, 15) is 9.59 Å². The van der Waals surface area contributed by atoms with Crippen LogP contribution in [0.1, 0.15) is 19.3 Å². The fourth-order valence-corrected chi connectivity index (χ4v) is 1.58. The van der Waals surface area contributed by atoms with Crippen molar-refractivity contribution in [3.8, 4) is 6.07 Å². The van der Waals surface area contributed by atoms with Gasteiger partial charge in [0.15, 0.2) is 0 Å². The van der Waals surface area contributed by atoms with Crippen molar-refractivity contribution >= 4 is 11.8 Å². The third-order valence-electron chi connectivity index (χ3n) is 2.64. The van der Waals surface area contributed by atoms with Crippen molar-refractivity contribution in [3.05, 3.63) is 0 Å². The number of carbonyl (C=O) groups is 2. The summed E-state index contributed by atoms with van der Waals surface area (Å²) >= 11 is 0. The molecule has 6 nitrogen and oxygen atoms in total. The van der Waals surface area contributed by atoms with Crippen molar-refractivity contribution in [2.75, 3.05) is 19.7 Å². The average Bonchev–Trinajstić information content (AvgIpc) is 2.21. The van der Waals surface area contributed by atoms with Gasteiger partial charge in [0.1, 0.15) is 6.54 Å². The first-order valence-electron chi connectivity index (χ1n) is 5.27. The Labute approximate surface area is 93.8 Å². The zero-order valence-electron chi connectivity index (χ0n) is 8.98. The number of aliphatic hydroxyl groups excluding tert-OH is 1. The van der Waals surface area contributed by atoms with Crippen LogP contribution in [0.5, 0.6) is 0 Å². The normalized spacial score (nSPS) is 14.8. The number of hydrogen-bond acceptors (Lipinski definition) is 4. The van der Waals surface area contributed by atoms with Crippen molar-refractivity contribution < 1.29 is 14.7 Å². The molecule has 88 valence electrons. The summed E-state index contributed by atoms with van der Waals surface area (Å²) < 4.78 is 0. The van der Waals surface area contributed by atoms with Crippen LogP contribution in [0.2, 0.25) is 0 Å². The molecule has 0 aromatic carbocycles. The molecule has 2 N–H and O–H groups in total. The van der Waals surface area contributed by atoms with E-state index >= 15 is 0 Å². The molecule has 0 unspecified atom stereocenters. The highest BCUT2D eigenvalue weighted by Crippen LogP contribution is 2.24. The molecule has 2 amide bonds. The van der Waals surface area contributed by atoms with Crippen molar-refractivity contribution in [2.45, 2.75) is 25.3 Å². The predicted octanol–water partition coefficient (Wildman–Crippen LogP) is -1.00. The zero-order valence-corrected chi connectivity index (χ0v) is 8.98. The Morgan fingerprint density at radius 1 is 1.50 bits per heavy atom. The van der Waals surface area contributed by atoms with Gasteiger partial charge in [-0.05, 0) is 19.3 Å². The fourth-order valence-electron chi connectivity index (χ4n) is 1.58. The van der Waals surface area contributed by atoms with Gasteiger partial charge in [-0.2, -0.15) is 5.26 Å². The summed E-state index contributed by atoms with van der Waals surface area (Å²) in [6, 6.07) is 1.79. The maximum absolute atomic E-state index is 11.7. The van der Waals surface area contributed by atoms with E-state index in [1.807, 2.05) is 0 Å². The lowest BCUT2D eigenvalue weighted by molar-refractivity contribution is -0.148. The number of amides is 2. The molecule has 0 aromatic heterocycles. The molecular weight excluding hydrogens is 210 g/mol. The molecule has 1 aliphatic carbocycles. The molecule has 0 heterocycles. The Morgan fingerprint density at radius 3 is 2.62 bits per heavy atom. The summed E-state index contributed by atoms with van der Waals surface area (Å²) in [5, 5.41) is 19.3. The molecule has 0 aliphatic heterocycles. The van der Waals surface area contributed by atoms with Gasteiger partial charge in [-0.3, -0.25) is 9.59 Å². The lowest BCUT2D eigenvalue weighted by atomic mass is 9.91. The summed E-state index contributed by atoms with van der Waals surface area (Å²) in [7, 11) is 0. The van der Waals surface area contributed by atoms with E-state index in [1.54, 1.807) is 6.07 Å². The Balaban J connectivity index is 2.52. The first-order valence-corrected chi connectivity index (χ1v) is 5.27. The molecular formula is C10H15N3O3. The standard InChI is InChI=1S/C10H15N3O3/c11-4-5-12-9(15)10(16)13(6-7-14)8-2-1-3-8/h8,14H,1-3,5-7H2,(H,12,15). The highest BCUT2D eigenvalue weighted by Gasteiger charge is 2.31. The molecule has 1 saturated carbocycles. The van der Waals surface area contributed by atoms with E-state index in [0.717, 1.165) is 19.3 Å². The number of nitrogens with zero attached hydrogens (tertiary/aromatic N) is 2. The Hall–Kier alpha value is -1.61. The Morgan fingerprint density at radius 2 is 2.19 bits per heavy atom. The smallest absolute Gasteiger partial charge is 0.312 e. The fraction of sp³-hybridized carbons (Fsp3) is 0.700. The van der Waals surface area contributed by atoms with Crippen LogP contribution < -0.4 is 5.32 Å². The molecule has 1 aliphatic rings. The van der Waals surface area contributed by atoms with Crippen LogP contribution in [0.25, 0.3) is 0 Å². The molecule has 0 radical (unpaired) electrons. The Bertz CT molecular complexity index is 307. The highest BCUT2D eigenvalue weighted by atomic mass is 16.3. The average molecular weight is 225 g/mol. The highest BCUT2D eigenvalue weighted by molar-refractivity contribution is 6.35. The Kier molecular flexibility index (Phi) is 4.73. The van der Waals surface area contributed by atoms with E-state index in [-0.39, 0.29) is 25.7 Å². The molecule has 16 heavy (non-hydrogen) atoms. The first kappa shape index (κ1) is 12.5. The van der Waals surface area contributed by atoms with Crippen molar-refractivity contribution in [1.29, 1.82) is 5.26 Å². The second kappa shape index (κ2) is 6.08. The maximum Gasteiger partial charge on any atom is 0.312 e. The second-order valence-electron chi connectivity index (χ2n) is 3.65. The lowest BCUT2D eigenvalue weighted by Gasteiger charge is -2.36. The van der Waals surface area contributed by atoms with E-state index in [1.165, 1.54) is 4.90 Å². The quantitative estimate of drug-likeness (QED) is 0.474. The van der Waals surface area contributed by atoms with Crippen LogP contribution in [0.15, 0.2) is 0 Å². The van der Waals surface area contributed by atoms with Gasteiger partial charge in [0.2, 0.25) is 0 Å². The van der Waals surface area contributed by atoms with Gasteiger partial charge in [0.25, 0.3) is 0 Å². The minimum Gasteiger partial charge on any atom is -0.395 e. The van der Waals surface area contributed by atoms with Gasteiger partial charge in [-0.1, -0.05) is 0 Å². The minimum absolute atomic E-state index is 0.0625. The molecule has 6 heteroatoms. The number of carbonyl (C=O) groups excluding carboxylic acids is 2. The topological polar surface area (TPSA) is 93.4 Å². The summed E-state index contributed by atoms with van der Waals surface area (Å²) in [6.07, 6.45) is 2.79. The van der Waals surface area contributed by atoms with Crippen LogP contribution in [0.4, 0.5) is 0 Å². The van der Waals surface area contributed by atoms with Crippen molar-refractivity contribution in [2.24, 2.45) is 0 Å². The summed E-state index contributed by atoms with van der Waals surface area (Å²) in [6.45, 7) is -0.167. The zero-order chi connectivity index (χ0) is 12.0. The van der Waals surface area contributed by atoms with Crippen molar-refractivity contribution in [1.82, 2.24) is 10.2 Å². The molecule has 1 rings (SSSR count). The largest absolute Gasteiger partial charge is 0.395 e. The number of aliphatic hydroxyl groups is 1.